The van der Waals surface area contributed by atoms with Crippen molar-refractivity contribution < 1.29 is 52.5 Å². The Morgan fingerprint density at radius 3 is 2.03 bits per heavy atom. The number of rotatable bonds is 13. The average molecular weight is 1110 g/mol. The van der Waals surface area contributed by atoms with E-state index in [0.29, 0.717) is 46.3 Å². The number of unbranched alkanes of at least 4 members (excludes halogenated alkanes) is 1. The molecule has 0 fully saturated rings. The Morgan fingerprint density at radius 1 is 0.722 bits per heavy atom. The zero-order chi connectivity index (χ0) is 57.7. The predicted molar refractivity (Wildman–Crippen MR) is 301 cm³/mol. The number of amides is 5. The van der Waals surface area contributed by atoms with Gasteiger partial charge in [-0.1, -0.05) is 60.3 Å². The van der Waals surface area contributed by atoms with E-state index in [1.165, 1.54) is 35.4 Å². The van der Waals surface area contributed by atoms with Gasteiger partial charge in [-0.2, -0.15) is 0 Å². The third-order valence-electron chi connectivity index (χ3n) is 12.6. The number of esters is 1. The maximum absolute atomic E-state index is 15.3. The first-order valence-corrected chi connectivity index (χ1v) is 27.4. The third kappa shape index (κ3) is 17.8. The molecule has 3 heterocycles. The number of aromatic nitrogens is 2. The standard InChI is InChI=1S/C59H76N8O11S/c1-57(2,3)76-54(72)61-30-15-14-22-45-52(70)66(10)47(33-40-36-67(56(74)78-59(7,8)9)46-24-13-12-20-42(40)46)50(69)64-35-43-41(37-26-28-38(29-27-37)53(71)75-11)21-16-25-48(43)79-51-39(19-17-31-60-51)34-63-44(49(68)65-45)23-18-32-62-55(73)77-58(4,5)6/h12-13,16-17,19-21,24-29,31,36,44-45,47,63H,14-15,18,22-23,30,32-35H2,1-11H3,(H,61,72)(H,62,73)(H,64,69)(H,65,68)/t44-,45-,47-/m0/s1. The summed E-state index contributed by atoms with van der Waals surface area (Å²) in [6, 6.07) is 20.4. The summed E-state index contributed by atoms with van der Waals surface area (Å²) in [5, 5.41) is 16.5. The van der Waals surface area contributed by atoms with Gasteiger partial charge in [-0.05, 0) is 153 Å². The van der Waals surface area contributed by atoms with Crippen LogP contribution in [-0.4, -0.2) is 119 Å². The molecule has 20 heteroatoms. The zero-order valence-electron chi connectivity index (χ0n) is 47.2. The predicted octanol–water partition coefficient (Wildman–Crippen LogP) is 9.07. The molecule has 79 heavy (non-hydrogen) atoms. The Balaban J connectivity index is 1.45. The quantitative estimate of drug-likeness (QED) is 0.0420. The van der Waals surface area contributed by atoms with Crippen LogP contribution in [0, 0.1) is 0 Å². The van der Waals surface area contributed by atoms with Crippen LogP contribution in [0.3, 0.4) is 0 Å². The minimum absolute atomic E-state index is 0.0150. The van der Waals surface area contributed by atoms with Crippen molar-refractivity contribution in [2.24, 2.45) is 0 Å². The lowest BCUT2D eigenvalue weighted by molar-refractivity contribution is -0.142. The fourth-order valence-electron chi connectivity index (χ4n) is 8.83. The highest BCUT2D eigenvalue weighted by Crippen LogP contribution is 2.37. The Hall–Kier alpha value is -7.45. The number of carbonyl (C=O) groups excluding carboxylic acids is 7. The first-order valence-electron chi connectivity index (χ1n) is 26.6. The van der Waals surface area contributed by atoms with Crippen LogP contribution < -0.4 is 26.6 Å². The van der Waals surface area contributed by atoms with Crippen molar-refractivity contribution >= 4 is 64.6 Å². The number of pyridine rings is 1. The molecular weight excluding hydrogens is 1030 g/mol. The molecule has 6 rings (SSSR count). The fourth-order valence-corrected chi connectivity index (χ4v) is 9.88. The highest BCUT2D eigenvalue weighted by Gasteiger charge is 2.35. The number of fused-ring (bicyclic) bond motifs is 3. The van der Waals surface area contributed by atoms with Gasteiger partial charge in [0.05, 0.1) is 24.2 Å². The van der Waals surface area contributed by atoms with E-state index < -0.39 is 76.9 Å². The molecule has 19 nitrogen and oxygen atoms in total. The van der Waals surface area contributed by atoms with Gasteiger partial charge in [0.15, 0.2) is 0 Å². The summed E-state index contributed by atoms with van der Waals surface area (Å²) in [7, 11) is 2.84. The number of hydrogen-bond acceptors (Lipinski definition) is 14. The van der Waals surface area contributed by atoms with E-state index >= 15 is 9.59 Å². The zero-order valence-corrected chi connectivity index (χ0v) is 48.0. The van der Waals surface area contributed by atoms with Crippen molar-refractivity contribution in [3.63, 3.8) is 0 Å². The second kappa shape index (κ2) is 26.9. The summed E-state index contributed by atoms with van der Waals surface area (Å²) in [5.74, 6) is -2.07. The van der Waals surface area contributed by atoms with Gasteiger partial charge in [0.25, 0.3) is 0 Å². The Morgan fingerprint density at radius 2 is 1.37 bits per heavy atom. The van der Waals surface area contributed by atoms with E-state index in [1.54, 1.807) is 105 Å². The second-order valence-corrected chi connectivity index (χ2v) is 23.4. The van der Waals surface area contributed by atoms with E-state index in [2.05, 4.69) is 26.6 Å². The van der Waals surface area contributed by atoms with Crippen LogP contribution in [0.25, 0.3) is 22.0 Å². The number of nitrogens with one attached hydrogen (secondary N) is 5. The van der Waals surface area contributed by atoms with E-state index in [0.717, 1.165) is 27.1 Å². The SMILES string of the molecule is COC(=O)c1ccc(-c2cccc3c2CNC(=O)[C@H](Cc2cn(C(=O)OC(C)(C)C)c4ccccc24)N(C)C(=O)[C@H](CCCCNC(=O)OC(C)(C)C)NC(=O)[C@H](CCCNC(=O)OC(C)(C)C)NCc2cccnc2S3)cc1. The molecule has 0 bridgehead atoms. The van der Waals surface area contributed by atoms with Gasteiger partial charge >= 0.3 is 24.2 Å². The van der Waals surface area contributed by atoms with Gasteiger partial charge in [-0.15, -0.1) is 0 Å². The van der Waals surface area contributed by atoms with E-state index in [-0.39, 0.29) is 45.4 Å². The first-order chi connectivity index (χ1) is 37.3. The van der Waals surface area contributed by atoms with Crippen molar-refractivity contribution in [3.8, 4) is 11.1 Å². The van der Waals surface area contributed by atoms with Crippen molar-refractivity contribution in [1.82, 2.24) is 41.0 Å². The molecule has 1 aliphatic rings. The highest BCUT2D eigenvalue weighted by molar-refractivity contribution is 7.99. The molecular formula is C59H76N8O11S. The summed E-state index contributed by atoms with van der Waals surface area (Å²) in [6.07, 6.45) is 2.94. The summed E-state index contributed by atoms with van der Waals surface area (Å²) < 4.78 is 23.0. The largest absolute Gasteiger partial charge is 0.465 e. The van der Waals surface area contributed by atoms with Crippen molar-refractivity contribution in [2.45, 2.75) is 159 Å². The summed E-state index contributed by atoms with van der Waals surface area (Å²) >= 11 is 1.38. The van der Waals surface area contributed by atoms with E-state index in [1.807, 2.05) is 48.5 Å². The number of nitrogens with zero attached hydrogens (tertiary/aromatic N) is 3. The molecule has 5 N–H and O–H groups in total. The third-order valence-corrected chi connectivity index (χ3v) is 13.7. The molecule has 0 unspecified atom stereocenters. The number of benzene rings is 3. The lowest BCUT2D eigenvalue weighted by atomic mass is 9.98. The van der Waals surface area contributed by atoms with Crippen LogP contribution in [0.2, 0.25) is 0 Å². The second-order valence-electron chi connectivity index (χ2n) is 22.3. The van der Waals surface area contributed by atoms with Gasteiger partial charge in [0, 0.05) is 62.3 Å². The monoisotopic (exact) mass is 1100 g/mol. The average Bonchev–Trinajstić information content (AvgIpc) is 3.81. The maximum atomic E-state index is 15.3. The van der Waals surface area contributed by atoms with Crippen LogP contribution in [0.1, 0.15) is 121 Å². The molecule has 0 saturated carbocycles. The Kier molecular flexibility index (Phi) is 20.7. The fraction of sp³-hybridized carbons (Fsp3) is 0.458. The normalized spacial score (nSPS) is 16.8. The summed E-state index contributed by atoms with van der Waals surface area (Å²) in [5.41, 5.74) is 2.24. The minimum Gasteiger partial charge on any atom is -0.465 e. The maximum Gasteiger partial charge on any atom is 0.419 e. The highest BCUT2D eigenvalue weighted by atomic mass is 32.2. The molecule has 5 amide bonds. The van der Waals surface area contributed by atoms with Gasteiger partial charge in [0.2, 0.25) is 17.7 Å². The molecule has 0 saturated heterocycles. The van der Waals surface area contributed by atoms with Crippen LogP contribution >= 0.6 is 11.8 Å². The lowest BCUT2D eigenvalue weighted by Gasteiger charge is -2.32. The molecule has 0 spiro atoms. The minimum atomic E-state index is -1.22. The number of ether oxygens (including phenoxy) is 4. The van der Waals surface area contributed by atoms with Gasteiger partial charge in [0.1, 0.15) is 33.9 Å². The Labute approximate surface area is 467 Å². The molecule has 0 aliphatic carbocycles. The van der Waals surface area contributed by atoms with Gasteiger partial charge < -0.3 is 50.4 Å². The molecule has 2 aromatic heterocycles. The van der Waals surface area contributed by atoms with Crippen LogP contribution in [0.15, 0.2) is 101 Å². The van der Waals surface area contributed by atoms with Gasteiger partial charge in [-0.3, -0.25) is 19.0 Å². The lowest BCUT2D eigenvalue weighted by Crippen LogP contribution is -2.57. The van der Waals surface area contributed by atoms with Crippen LogP contribution in [0.5, 0.6) is 0 Å². The molecule has 3 aromatic carbocycles. The molecule has 3 atom stereocenters. The number of methoxy groups -OCH3 is 1. The molecule has 1 aliphatic heterocycles. The van der Waals surface area contributed by atoms with E-state index in [4.69, 9.17) is 23.9 Å². The van der Waals surface area contributed by atoms with Crippen molar-refractivity contribution in [1.29, 1.82) is 0 Å². The van der Waals surface area contributed by atoms with Gasteiger partial charge in [-0.25, -0.2) is 24.2 Å². The molecule has 424 valence electrons. The van der Waals surface area contributed by atoms with E-state index in [9.17, 15) is 24.0 Å². The topological polar surface area (TPSA) is 238 Å². The smallest absolute Gasteiger partial charge is 0.419 e. The summed E-state index contributed by atoms with van der Waals surface area (Å²) in [6.45, 7) is 16.5. The van der Waals surface area contributed by atoms with Crippen molar-refractivity contribution in [2.75, 3.05) is 27.2 Å². The summed E-state index contributed by atoms with van der Waals surface area (Å²) in [4.78, 5) is 104. The van der Waals surface area contributed by atoms with Crippen LogP contribution in [-0.2, 0) is 52.8 Å². The first kappa shape index (κ1) is 60.8. The number of alkyl carbamates (subject to hydrolysis) is 2. The molecule has 5 aromatic rings. The number of carbonyl (C=O) groups is 7. The van der Waals surface area contributed by atoms with Crippen LogP contribution in [0.4, 0.5) is 14.4 Å². The Bertz CT molecular complexity index is 2980. The number of likely N-dealkylation sites (N-methyl/N-ethyl adjacent to an activating group) is 1. The van der Waals surface area contributed by atoms with Crippen molar-refractivity contribution in [3.05, 3.63) is 114 Å². The number of hydrogen-bond donors (Lipinski definition) is 5. The molecule has 0 radical (unpaired) electrons. The number of para-hydroxylation sites is 1.